The first kappa shape index (κ1) is 64.9. The summed E-state index contributed by atoms with van der Waals surface area (Å²) in [6, 6.07) is 0. The minimum Gasteiger partial charge on any atom is -0.462 e. The van der Waals surface area contributed by atoms with E-state index in [2.05, 4.69) is 93.7 Å². The van der Waals surface area contributed by atoms with Gasteiger partial charge in [0.2, 0.25) is 0 Å². The summed E-state index contributed by atoms with van der Waals surface area (Å²) in [6.07, 6.45) is 54.4. The molecule has 0 heterocycles. The van der Waals surface area contributed by atoms with Crippen LogP contribution in [0.15, 0.2) is 72.9 Å². The second kappa shape index (κ2) is 50.3. The summed E-state index contributed by atoms with van der Waals surface area (Å²) < 4.78 is 39.3. The van der Waals surface area contributed by atoms with Crippen molar-refractivity contribution in [1.82, 2.24) is 0 Å². The van der Waals surface area contributed by atoms with E-state index in [1.54, 1.807) is 0 Å². The lowest BCUT2D eigenvalue weighted by Crippen LogP contribution is -2.30. The SMILES string of the molecule is CC/C=C\C/C=C\C/C=C\CCCCCC(=O)OC(CO)COP(=O)(O)OCC(COC(=O)CCCCCCC/C=C\CCCCCC)OC(=O)CCCCCCC/C=C\C/C=C\CCCCC. The van der Waals surface area contributed by atoms with Crippen molar-refractivity contribution in [3.63, 3.8) is 0 Å². The molecule has 0 bridgehead atoms. The number of carbonyl (C=O) groups excluding carboxylic acids is 3. The van der Waals surface area contributed by atoms with E-state index in [9.17, 15) is 28.9 Å². The molecule has 0 aromatic heterocycles. The topological polar surface area (TPSA) is 155 Å². The summed E-state index contributed by atoms with van der Waals surface area (Å²) in [5, 5.41) is 9.77. The molecule has 11 nitrogen and oxygen atoms in total. The Bertz CT molecular complexity index is 1420. The van der Waals surface area contributed by atoms with E-state index in [1.807, 2.05) is 0 Å². The zero-order valence-corrected chi connectivity index (χ0v) is 43.9. The second-order valence-electron chi connectivity index (χ2n) is 17.7. The number of carbonyl (C=O) groups is 3. The Morgan fingerprint density at radius 2 is 0.765 bits per heavy atom. The van der Waals surface area contributed by atoms with Crippen LogP contribution in [0, 0.1) is 0 Å². The van der Waals surface area contributed by atoms with E-state index in [1.165, 1.54) is 44.9 Å². The van der Waals surface area contributed by atoms with Gasteiger partial charge >= 0.3 is 25.7 Å². The lowest BCUT2D eigenvalue weighted by molar-refractivity contribution is -0.161. The number of aliphatic hydroxyl groups is 1. The maximum atomic E-state index is 12.9. The molecule has 0 saturated carbocycles. The number of phosphoric ester groups is 1. The Balaban J connectivity index is 4.80. The van der Waals surface area contributed by atoms with Crippen molar-refractivity contribution in [2.75, 3.05) is 26.4 Å². The summed E-state index contributed by atoms with van der Waals surface area (Å²) >= 11 is 0. The molecule has 0 aromatic rings. The Hall–Kier alpha value is -3.08. The van der Waals surface area contributed by atoms with Gasteiger partial charge in [0.25, 0.3) is 0 Å². The van der Waals surface area contributed by atoms with Crippen molar-refractivity contribution in [1.29, 1.82) is 0 Å². The molecule has 0 aliphatic heterocycles. The zero-order valence-electron chi connectivity index (χ0n) is 43.1. The van der Waals surface area contributed by atoms with Crippen molar-refractivity contribution < 1.29 is 52.2 Å². The van der Waals surface area contributed by atoms with Gasteiger partial charge in [0.05, 0.1) is 19.8 Å². The van der Waals surface area contributed by atoms with Crippen molar-refractivity contribution >= 4 is 25.7 Å². The minimum absolute atomic E-state index is 0.139. The number of esters is 3. The lowest BCUT2D eigenvalue weighted by atomic mass is 10.1. The summed E-state index contributed by atoms with van der Waals surface area (Å²) in [5.41, 5.74) is 0. The Kier molecular flexibility index (Phi) is 48.0. The third kappa shape index (κ3) is 48.0. The van der Waals surface area contributed by atoms with E-state index in [-0.39, 0.29) is 25.9 Å². The van der Waals surface area contributed by atoms with Crippen molar-refractivity contribution in [2.45, 2.75) is 238 Å². The van der Waals surface area contributed by atoms with Crippen LogP contribution in [0.5, 0.6) is 0 Å². The third-order valence-corrected chi connectivity index (χ3v) is 12.0. The zero-order chi connectivity index (χ0) is 49.9. The smallest absolute Gasteiger partial charge is 0.462 e. The van der Waals surface area contributed by atoms with Crippen LogP contribution in [0.2, 0.25) is 0 Å². The van der Waals surface area contributed by atoms with Crippen LogP contribution in [0.4, 0.5) is 0 Å². The molecular weight excluding hydrogens is 880 g/mol. The second-order valence-corrected chi connectivity index (χ2v) is 19.1. The number of phosphoric acid groups is 1. The fourth-order valence-electron chi connectivity index (χ4n) is 6.98. The third-order valence-electron chi connectivity index (χ3n) is 11.1. The molecule has 392 valence electrons. The number of hydrogen-bond donors (Lipinski definition) is 2. The van der Waals surface area contributed by atoms with Gasteiger partial charge in [-0.2, -0.15) is 0 Å². The van der Waals surface area contributed by atoms with Crippen LogP contribution in [0.1, 0.15) is 226 Å². The van der Waals surface area contributed by atoms with Gasteiger partial charge in [-0.25, -0.2) is 4.57 Å². The lowest BCUT2D eigenvalue weighted by Gasteiger charge is -2.21. The van der Waals surface area contributed by atoms with E-state index in [0.717, 1.165) is 122 Å². The highest BCUT2D eigenvalue weighted by atomic mass is 31.2. The maximum Gasteiger partial charge on any atom is 0.472 e. The molecule has 68 heavy (non-hydrogen) atoms. The molecule has 12 heteroatoms. The largest absolute Gasteiger partial charge is 0.472 e. The molecule has 0 amide bonds. The number of allylic oxidation sites excluding steroid dienone is 12. The molecule has 0 radical (unpaired) electrons. The number of aliphatic hydroxyl groups excluding tert-OH is 1. The summed E-state index contributed by atoms with van der Waals surface area (Å²) in [7, 11) is -4.76. The number of ether oxygens (including phenoxy) is 3. The number of hydrogen-bond acceptors (Lipinski definition) is 10. The summed E-state index contributed by atoms with van der Waals surface area (Å²) in [6.45, 7) is 4.42. The monoisotopic (exact) mass is 977 g/mol. The maximum absolute atomic E-state index is 12.9. The Morgan fingerprint density at radius 1 is 0.426 bits per heavy atom. The van der Waals surface area contributed by atoms with Gasteiger partial charge in [-0.3, -0.25) is 23.4 Å². The van der Waals surface area contributed by atoms with Gasteiger partial charge in [-0.15, -0.1) is 0 Å². The fraction of sp³-hybridized carbons (Fsp3) is 0.732. The average molecular weight is 977 g/mol. The van der Waals surface area contributed by atoms with Crippen LogP contribution in [-0.4, -0.2) is 66.5 Å². The van der Waals surface area contributed by atoms with Crippen molar-refractivity contribution in [3.8, 4) is 0 Å². The van der Waals surface area contributed by atoms with Crippen LogP contribution < -0.4 is 0 Å². The highest BCUT2D eigenvalue weighted by Crippen LogP contribution is 2.43. The normalized spacial score (nSPS) is 14.0. The summed E-state index contributed by atoms with van der Waals surface area (Å²) in [4.78, 5) is 48.3. The van der Waals surface area contributed by atoms with Crippen molar-refractivity contribution in [3.05, 3.63) is 72.9 Å². The van der Waals surface area contributed by atoms with Gasteiger partial charge in [0, 0.05) is 19.3 Å². The molecule has 0 fully saturated rings. The number of unbranched alkanes of at least 4 members (excludes halogenated alkanes) is 20. The molecule has 0 spiro atoms. The highest BCUT2D eigenvalue weighted by Gasteiger charge is 2.28. The molecule has 3 atom stereocenters. The molecule has 0 aliphatic carbocycles. The predicted octanol–water partition coefficient (Wildman–Crippen LogP) is 15.4. The van der Waals surface area contributed by atoms with Gasteiger partial charge in [-0.05, 0) is 109 Å². The number of rotatable bonds is 49. The molecule has 0 aromatic carbocycles. The van der Waals surface area contributed by atoms with Crippen LogP contribution >= 0.6 is 7.82 Å². The van der Waals surface area contributed by atoms with Crippen LogP contribution in [-0.2, 0) is 42.2 Å². The Morgan fingerprint density at radius 3 is 1.24 bits per heavy atom. The standard InChI is InChI=1S/C56H97O11P/c1-4-7-10-13-16-19-22-25-26-29-32-35-38-41-44-47-56(60)67-53(49-63-54(58)45-42-39-36-33-30-27-23-20-17-14-11-8-5-2)51-65-68(61,62)64-50-52(48-57)66-55(59)46-43-40-37-34-31-28-24-21-18-15-12-9-6-3/h9,12,16,18-21,23,25-26,28,31,52-53,57H,4-8,10-11,13-15,17,22,24,27,29-30,32-51H2,1-3H3,(H,61,62)/b12-9-,19-16-,21-18-,23-20-,26-25-,31-28-. The van der Waals surface area contributed by atoms with E-state index >= 15 is 0 Å². The van der Waals surface area contributed by atoms with Gasteiger partial charge < -0.3 is 24.2 Å². The molecule has 0 rings (SSSR count). The van der Waals surface area contributed by atoms with E-state index < -0.39 is 57.8 Å². The van der Waals surface area contributed by atoms with Gasteiger partial charge in [-0.1, -0.05) is 171 Å². The molecule has 0 aliphatic rings. The molecule has 0 saturated heterocycles. The quantitative estimate of drug-likeness (QED) is 0.0197. The van der Waals surface area contributed by atoms with Crippen LogP contribution in [0.3, 0.4) is 0 Å². The van der Waals surface area contributed by atoms with Gasteiger partial charge in [0.15, 0.2) is 6.10 Å². The van der Waals surface area contributed by atoms with E-state index in [0.29, 0.717) is 19.3 Å². The molecule has 2 N–H and O–H groups in total. The highest BCUT2D eigenvalue weighted by molar-refractivity contribution is 7.47. The first-order chi connectivity index (χ1) is 33.2. The molecule has 3 unspecified atom stereocenters. The first-order valence-corrected chi connectivity index (χ1v) is 28.3. The average Bonchev–Trinajstić information content (AvgIpc) is 3.32. The van der Waals surface area contributed by atoms with E-state index in [4.69, 9.17) is 23.3 Å². The summed E-state index contributed by atoms with van der Waals surface area (Å²) in [5.74, 6) is -1.52. The van der Waals surface area contributed by atoms with Crippen LogP contribution in [0.25, 0.3) is 0 Å². The molecular formula is C56H97O11P. The van der Waals surface area contributed by atoms with Gasteiger partial charge in [0.1, 0.15) is 12.7 Å². The fourth-order valence-corrected chi connectivity index (χ4v) is 7.77. The predicted molar refractivity (Wildman–Crippen MR) is 279 cm³/mol. The minimum atomic E-state index is -4.76. The first-order valence-electron chi connectivity index (χ1n) is 26.8. The Labute approximate surface area is 414 Å². The van der Waals surface area contributed by atoms with Crippen molar-refractivity contribution in [2.24, 2.45) is 0 Å².